The highest BCUT2D eigenvalue weighted by atomic mass is 16.5. The van der Waals surface area contributed by atoms with Crippen molar-refractivity contribution in [2.24, 2.45) is 17.8 Å². The highest BCUT2D eigenvalue weighted by Crippen LogP contribution is 2.40. The zero-order valence-electron chi connectivity index (χ0n) is 12.4. The molecule has 1 aromatic carbocycles. The van der Waals surface area contributed by atoms with Crippen LogP contribution in [0.3, 0.4) is 0 Å². The Kier molecular flexibility index (Phi) is 3.56. The van der Waals surface area contributed by atoms with Gasteiger partial charge >= 0.3 is 5.97 Å². The Labute approximate surface area is 128 Å². The van der Waals surface area contributed by atoms with Crippen LogP contribution in [0.25, 0.3) is 0 Å². The van der Waals surface area contributed by atoms with Gasteiger partial charge in [0.15, 0.2) is 0 Å². The van der Waals surface area contributed by atoms with Crippen LogP contribution < -0.4 is 4.90 Å². The number of carbonyl (C=O) groups excluding carboxylic acids is 3. The normalized spacial score (nSPS) is 30.4. The van der Waals surface area contributed by atoms with Crippen LogP contribution in [-0.2, 0) is 19.1 Å². The summed E-state index contributed by atoms with van der Waals surface area (Å²) in [5, 5.41) is 0. The zero-order valence-corrected chi connectivity index (χ0v) is 12.4. The van der Waals surface area contributed by atoms with Crippen molar-refractivity contribution in [3.8, 4) is 0 Å². The van der Waals surface area contributed by atoms with E-state index in [1.165, 1.54) is 11.8 Å². The van der Waals surface area contributed by atoms with E-state index in [1.54, 1.807) is 30.3 Å². The highest BCUT2D eigenvalue weighted by molar-refractivity contribution is 6.23. The first kappa shape index (κ1) is 14.5. The van der Waals surface area contributed by atoms with Gasteiger partial charge in [0.1, 0.15) is 6.10 Å². The van der Waals surface area contributed by atoms with Crippen LogP contribution in [0.4, 0.5) is 5.69 Å². The van der Waals surface area contributed by atoms with Crippen LogP contribution in [0.2, 0.25) is 0 Å². The van der Waals surface area contributed by atoms with Gasteiger partial charge < -0.3 is 4.74 Å². The molecule has 1 fully saturated rings. The molecule has 22 heavy (non-hydrogen) atoms. The van der Waals surface area contributed by atoms with E-state index >= 15 is 0 Å². The third-order valence-corrected chi connectivity index (χ3v) is 4.21. The Balaban J connectivity index is 1.98. The van der Waals surface area contributed by atoms with Gasteiger partial charge in [-0.15, -0.1) is 0 Å². The smallest absolute Gasteiger partial charge is 0.302 e. The van der Waals surface area contributed by atoms with Gasteiger partial charge in [0.2, 0.25) is 11.8 Å². The first-order chi connectivity index (χ1) is 10.5. The fourth-order valence-electron chi connectivity index (χ4n) is 3.20. The topological polar surface area (TPSA) is 63.7 Å². The number of esters is 1. The SMILES string of the molecule is CC(=O)OC1[C@H]2C(=O)N(c3ccccc3)C(=O)[C@H]2C=C[C@@H]1C. The van der Waals surface area contributed by atoms with Crippen LogP contribution in [0.5, 0.6) is 0 Å². The minimum Gasteiger partial charge on any atom is -0.461 e. The van der Waals surface area contributed by atoms with Gasteiger partial charge in [-0.1, -0.05) is 37.3 Å². The largest absolute Gasteiger partial charge is 0.461 e. The number of para-hydroxylation sites is 1. The molecule has 0 bridgehead atoms. The summed E-state index contributed by atoms with van der Waals surface area (Å²) >= 11 is 0. The maximum atomic E-state index is 12.8. The maximum absolute atomic E-state index is 12.8. The van der Waals surface area contributed by atoms with Crippen LogP contribution in [-0.4, -0.2) is 23.9 Å². The molecule has 4 atom stereocenters. The molecule has 1 saturated heterocycles. The molecule has 5 heteroatoms. The first-order valence-electron chi connectivity index (χ1n) is 7.29. The lowest BCUT2D eigenvalue weighted by Crippen LogP contribution is -2.41. The number of imide groups is 1. The molecular formula is C17H17NO4. The average molecular weight is 299 g/mol. The molecule has 5 nitrogen and oxygen atoms in total. The van der Waals surface area contributed by atoms with E-state index in [1.807, 2.05) is 19.1 Å². The zero-order chi connectivity index (χ0) is 15.9. The Morgan fingerprint density at radius 3 is 2.41 bits per heavy atom. The lowest BCUT2D eigenvalue weighted by Gasteiger charge is -2.31. The Morgan fingerprint density at radius 1 is 1.09 bits per heavy atom. The third kappa shape index (κ3) is 2.22. The minimum atomic E-state index is -0.642. The van der Waals surface area contributed by atoms with Crippen molar-refractivity contribution in [3.63, 3.8) is 0 Å². The molecule has 1 heterocycles. The number of hydrogen-bond acceptors (Lipinski definition) is 4. The van der Waals surface area contributed by atoms with E-state index in [0.717, 1.165) is 0 Å². The lowest BCUT2D eigenvalue weighted by atomic mass is 9.78. The fourth-order valence-corrected chi connectivity index (χ4v) is 3.20. The Bertz CT molecular complexity index is 652. The summed E-state index contributed by atoms with van der Waals surface area (Å²) in [6.07, 6.45) is 3.00. The Morgan fingerprint density at radius 2 is 1.77 bits per heavy atom. The predicted molar refractivity (Wildman–Crippen MR) is 79.8 cm³/mol. The summed E-state index contributed by atoms with van der Waals surface area (Å²) in [5.41, 5.74) is 0.550. The van der Waals surface area contributed by atoms with Gasteiger partial charge in [-0.05, 0) is 12.1 Å². The molecule has 0 saturated carbocycles. The summed E-state index contributed by atoms with van der Waals surface area (Å²) in [5.74, 6) is -2.31. The predicted octanol–water partition coefficient (Wildman–Crippen LogP) is 1.93. The highest BCUT2D eigenvalue weighted by Gasteiger charge is 2.54. The summed E-state index contributed by atoms with van der Waals surface area (Å²) < 4.78 is 5.33. The van der Waals surface area contributed by atoms with E-state index in [9.17, 15) is 14.4 Å². The molecule has 1 aromatic rings. The van der Waals surface area contributed by atoms with Gasteiger partial charge in [0, 0.05) is 12.8 Å². The maximum Gasteiger partial charge on any atom is 0.302 e. The van der Waals surface area contributed by atoms with Crippen LogP contribution in [0.15, 0.2) is 42.5 Å². The summed E-state index contributed by atoms with van der Waals surface area (Å²) in [7, 11) is 0. The van der Waals surface area contributed by atoms with Crippen molar-refractivity contribution in [2.75, 3.05) is 4.90 Å². The molecule has 1 aliphatic heterocycles. The van der Waals surface area contributed by atoms with Crippen molar-refractivity contribution >= 4 is 23.5 Å². The molecule has 0 aromatic heterocycles. The average Bonchev–Trinajstić information content (AvgIpc) is 2.74. The van der Waals surface area contributed by atoms with Gasteiger partial charge in [-0.2, -0.15) is 0 Å². The molecule has 2 amide bonds. The van der Waals surface area contributed by atoms with Crippen LogP contribution in [0.1, 0.15) is 13.8 Å². The van der Waals surface area contributed by atoms with E-state index in [4.69, 9.17) is 4.74 Å². The van der Waals surface area contributed by atoms with Crippen LogP contribution in [0, 0.1) is 17.8 Å². The summed E-state index contributed by atoms with van der Waals surface area (Å²) in [6.45, 7) is 3.19. The standard InChI is InChI=1S/C17H17NO4/c1-10-8-9-13-14(15(10)22-11(2)19)17(21)18(16(13)20)12-6-4-3-5-7-12/h3-10,13-15H,1-2H3/t10-,13-,14-,15?/m0/s1. The van der Waals surface area contributed by atoms with E-state index in [2.05, 4.69) is 0 Å². The minimum absolute atomic E-state index is 0.0994. The second kappa shape index (κ2) is 5.40. The molecule has 1 unspecified atom stereocenters. The second-order valence-electron chi connectivity index (χ2n) is 5.72. The first-order valence-corrected chi connectivity index (χ1v) is 7.29. The van der Waals surface area contributed by atoms with Gasteiger partial charge in [-0.25, -0.2) is 4.90 Å². The molecule has 3 rings (SSSR count). The summed E-state index contributed by atoms with van der Waals surface area (Å²) in [4.78, 5) is 37.9. The molecule has 0 N–H and O–H groups in total. The molecule has 2 aliphatic rings. The number of ether oxygens (including phenoxy) is 1. The number of benzene rings is 1. The number of fused-ring (bicyclic) bond motifs is 1. The monoisotopic (exact) mass is 299 g/mol. The van der Waals surface area contributed by atoms with E-state index < -0.39 is 23.9 Å². The quantitative estimate of drug-likeness (QED) is 0.475. The molecule has 0 spiro atoms. The van der Waals surface area contributed by atoms with E-state index in [0.29, 0.717) is 5.69 Å². The van der Waals surface area contributed by atoms with Crippen molar-refractivity contribution in [1.82, 2.24) is 0 Å². The van der Waals surface area contributed by atoms with Crippen molar-refractivity contribution in [1.29, 1.82) is 0 Å². The number of amides is 2. The molecule has 1 aliphatic carbocycles. The van der Waals surface area contributed by atoms with Crippen LogP contribution >= 0.6 is 0 Å². The van der Waals surface area contributed by atoms with Crippen molar-refractivity contribution < 1.29 is 19.1 Å². The van der Waals surface area contributed by atoms with Gasteiger partial charge in [0.25, 0.3) is 0 Å². The number of carbonyl (C=O) groups is 3. The van der Waals surface area contributed by atoms with E-state index in [-0.39, 0.29) is 17.7 Å². The molecular weight excluding hydrogens is 282 g/mol. The number of hydrogen-bond donors (Lipinski definition) is 0. The van der Waals surface area contributed by atoms with Crippen molar-refractivity contribution in [3.05, 3.63) is 42.5 Å². The van der Waals surface area contributed by atoms with Gasteiger partial charge in [-0.3, -0.25) is 14.4 Å². The third-order valence-electron chi connectivity index (χ3n) is 4.21. The molecule has 114 valence electrons. The van der Waals surface area contributed by atoms with Gasteiger partial charge in [0.05, 0.1) is 17.5 Å². The fraction of sp³-hybridized carbons (Fsp3) is 0.353. The number of rotatable bonds is 2. The molecule has 0 radical (unpaired) electrons. The summed E-state index contributed by atoms with van der Waals surface area (Å²) in [6, 6.07) is 8.83. The second-order valence-corrected chi connectivity index (χ2v) is 5.72. The number of anilines is 1. The van der Waals surface area contributed by atoms with Crippen molar-refractivity contribution in [2.45, 2.75) is 20.0 Å². The Hall–Kier alpha value is -2.43. The lowest BCUT2D eigenvalue weighted by molar-refractivity contribution is -0.154. The number of nitrogens with zero attached hydrogens (tertiary/aromatic N) is 1.